The van der Waals surface area contributed by atoms with Crippen LogP contribution in [0.15, 0.2) is 18.2 Å². The minimum atomic E-state index is -0.226. The summed E-state index contributed by atoms with van der Waals surface area (Å²) in [6.07, 6.45) is 4.43. The quantitative estimate of drug-likeness (QED) is 0.746. The van der Waals surface area contributed by atoms with Crippen molar-refractivity contribution in [3.05, 3.63) is 29.8 Å². The zero-order valence-corrected chi connectivity index (χ0v) is 11.8. The zero-order valence-electron chi connectivity index (χ0n) is 11.1. The van der Waals surface area contributed by atoms with Gasteiger partial charge in [-0.1, -0.05) is 13.3 Å². The topological polar surface area (TPSA) is 17.8 Å². The van der Waals surface area contributed by atoms with Crippen molar-refractivity contribution < 1.29 is 4.39 Å². The van der Waals surface area contributed by atoms with Crippen LogP contribution in [0.4, 0.5) is 4.39 Å². The first kappa shape index (κ1) is 12.9. The maximum atomic E-state index is 13.3. The SMILES string of the molecule is CCCC1CC1n1c(CCCl)nc2cc(F)ccc21. The Bertz CT molecular complexity index is 593. The molecule has 0 spiro atoms. The molecule has 4 heteroatoms. The molecule has 1 aromatic heterocycles. The third kappa shape index (κ3) is 2.36. The lowest BCUT2D eigenvalue weighted by molar-refractivity contribution is 0.600. The molecule has 0 radical (unpaired) electrons. The van der Waals surface area contributed by atoms with Crippen LogP contribution >= 0.6 is 11.6 Å². The minimum absolute atomic E-state index is 0.226. The first-order valence-corrected chi connectivity index (χ1v) is 7.50. The number of aryl methyl sites for hydroxylation is 1. The van der Waals surface area contributed by atoms with E-state index < -0.39 is 0 Å². The number of hydrogen-bond acceptors (Lipinski definition) is 1. The molecular weight excluding hydrogens is 263 g/mol. The number of aromatic nitrogens is 2. The van der Waals surface area contributed by atoms with E-state index in [9.17, 15) is 4.39 Å². The lowest BCUT2D eigenvalue weighted by Gasteiger charge is -2.08. The number of alkyl halides is 1. The Balaban J connectivity index is 2.02. The van der Waals surface area contributed by atoms with Gasteiger partial charge in [0.25, 0.3) is 0 Å². The van der Waals surface area contributed by atoms with Gasteiger partial charge in [0.2, 0.25) is 0 Å². The van der Waals surface area contributed by atoms with E-state index in [4.69, 9.17) is 11.6 Å². The van der Waals surface area contributed by atoms with E-state index in [1.54, 1.807) is 0 Å². The number of imidazole rings is 1. The molecule has 2 unspecified atom stereocenters. The van der Waals surface area contributed by atoms with Gasteiger partial charge >= 0.3 is 0 Å². The van der Waals surface area contributed by atoms with Crippen LogP contribution in [-0.4, -0.2) is 15.4 Å². The van der Waals surface area contributed by atoms with Crippen LogP contribution < -0.4 is 0 Å². The largest absolute Gasteiger partial charge is 0.325 e. The summed E-state index contributed by atoms with van der Waals surface area (Å²) in [6, 6.07) is 5.41. The Hall–Kier alpha value is -1.09. The molecule has 3 rings (SSSR count). The maximum Gasteiger partial charge on any atom is 0.125 e. The summed E-state index contributed by atoms with van der Waals surface area (Å²) >= 11 is 5.86. The smallest absolute Gasteiger partial charge is 0.125 e. The number of halogens is 2. The molecule has 1 aromatic carbocycles. The van der Waals surface area contributed by atoms with Crippen molar-refractivity contribution in [2.45, 2.75) is 38.6 Å². The van der Waals surface area contributed by atoms with E-state index in [2.05, 4.69) is 16.5 Å². The number of benzene rings is 1. The van der Waals surface area contributed by atoms with Crippen molar-refractivity contribution in [3.63, 3.8) is 0 Å². The van der Waals surface area contributed by atoms with Crippen molar-refractivity contribution >= 4 is 22.6 Å². The molecule has 0 amide bonds. The van der Waals surface area contributed by atoms with Crippen LogP contribution in [0.25, 0.3) is 11.0 Å². The third-order valence-corrected chi connectivity index (χ3v) is 4.11. The highest BCUT2D eigenvalue weighted by molar-refractivity contribution is 6.17. The summed E-state index contributed by atoms with van der Waals surface area (Å²) in [5.41, 5.74) is 1.80. The fourth-order valence-corrected chi connectivity index (χ4v) is 3.15. The van der Waals surface area contributed by atoms with Crippen LogP contribution in [0.3, 0.4) is 0 Å². The van der Waals surface area contributed by atoms with Gasteiger partial charge in [-0.2, -0.15) is 0 Å². The normalized spacial score (nSPS) is 22.1. The van der Waals surface area contributed by atoms with Gasteiger partial charge in [0.15, 0.2) is 0 Å². The number of hydrogen-bond donors (Lipinski definition) is 0. The Morgan fingerprint density at radius 2 is 2.32 bits per heavy atom. The van der Waals surface area contributed by atoms with Gasteiger partial charge in [0.1, 0.15) is 11.6 Å². The van der Waals surface area contributed by atoms with Crippen LogP contribution in [0.2, 0.25) is 0 Å². The van der Waals surface area contributed by atoms with E-state index >= 15 is 0 Å². The molecule has 1 saturated carbocycles. The number of fused-ring (bicyclic) bond motifs is 1. The highest BCUT2D eigenvalue weighted by Crippen LogP contribution is 2.48. The van der Waals surface area contributed by atoms with Gasteiger partial charge in [-0.15, -0.1) is 11.6 Å². The van der Waals surface area contributed by atoms with Crippen molar-refractivity contribution in [2.24, 2.45) is 5.92 Å². The molecular formula is C15H18ClFN2. The molecule has 2 atom stereocenters. The van der Waals surface area contributed by atoms with Gasteiger partial charge < -0.3 is 4.57 Å². The Labute approximate surface area is 117 Å². The van der Waals surface area contributed by atoms with E-state index in [0.717, 1.165) is 29.2 Å². The van der Waals surface area contributed by atoms with Crippen molar-refractivity contribution in [1.82, 2.24) is 9.55 Å². The molecule has 1 aliphatic rings. The van der Waals surface area contributed by atoms with E-state index in [1.807, 2.05) is 6.07 Å². The van der Waals surface area contributed by atoms with Crippen LogP contribution in [0, 0.1) is 11.7 Å². The molecule has 0 bridgehead atoms. The molecule has 19 heavy (non-hydrogen) atoms. The predicted octanol–water partition coefficient (Wildman–Crippen LogP) is 4.32. The summed E-state index contributed by atoms with van der Waals surface area (Å²) in [4.78, 5) is 4.56. The molecule has 1 aliphatic carbocycles. The Kier molecular flexibility index (Phi) is 3.48. The van der Waals surface area contributed by atoms with Crippen LogP contribution in [-0.2, 0) is 6.42 Å². The first-order valence-electron chi connectivity index (χ1n) is 6.97. The summed E-state index contributed by atoms with van der Waals surface area (Å²) in [5, 5.41) is 0. The van der Waals surface area contributed by atoms with Crippen LogP contribution in [0.5, 0.6) is 0 Å². The summed E-state index contributed by atoms with van der Waals surface area (Å²) in [7, 11) is 0. The van der Waals surface area contributed by atoms with Gasteiger partial charge in [0.05, 0.1) is 11.0 Å². The summed E-state index contributed by atoms with van der Waals surface area (Å²) in [5.74, 6) is 2.08. The van der Waals surface area contributed by atoms with Crippen molar-refractivity contribution in [2.75, 3.05) is 5.88 Å². The van der Waals surface area contributed by atoms with Crippen LogP contribution in [0.1, 0.15) is 38.1 Å². The molecule has 1 fully saturated rings. The van der Waals surface area contributed by atoms with E-state index in [-0.39, 0.29) is 5.82 Å². The lowest BCUT2D eigenvalue weighted by Crippen LogP contribution is -2.04. The number of rotatable bonds is 5. The highest BCUT2D eigenvalue weighted by atomic mass is 35.5. The second-order valence-corrected chi connectivity index (χ2v) is 5.70. The molecule has 0 N–H and O–H groups in total. The average molecular weight is 281 g/mol. The highest BCUT2D eigenvalue weighted by Gasteiger charge is 2.39. The van der Waals surface area contributed by atoms with E-state index in [1.165, 1.54) is 31.4 Å². The summed E-state index contributed by atoms with van der Waals surface area (Å²) < 4.78 is 15.6. The Morgan fingerprint density at radius 3 is 3.05 bits per heavy atom. The monoisotopic (exact) mass is 280 g/mol. The van der Waals surface area contributed by atoms with Gasteiger partial charge in [0, 0.05) is 24.4 Å². The molecule has 2 aromatic rings. The molecule has 0 saturated heterocycles. The standard InChI is InChI=1S/C15H18ClFN2/c1-2-3-10-8-14(10)19-13-5-4-11(17)9-12(13)18-15(19)6-7-16/h4-5,9-10,14H,2-3,6-8H2,1H3. The lowest BCUT2D eigenvalue weighted by atomic mass is 10.2. The Morgan fingerprint density at radius 1 is 1.47 bits per heavy atom. The fraction of sp³-hybridized carbons (Fsp3) is 0.533. The molecule has 102 valence electrons. The maximum absolute atomic E-state index is 13.3. The molecule has 0 aliphatic heterocycles. The van der Waals surface area contributed by atoms with Crippen molar-refractivity contribution in [1.29, 1.82) is 0 Å². The van der Waals surface area contributed by atoms with E-state index in [0.29, 0.717) is 11.9 Å². The second-order valence-electron chi connectivity index (χ2n) is 5.32. The van der Waals surface area contributed by atoms with Gasteiger partial charge in [-0.05, 0) is 30.9 Å². The predicted molar refractivity (Wildman–Crippen MR) is 76.2 cm³/mol. The molecule has 2 nitrogen and oxygen atoms in total. The summed E-state index contributed by atoms with van der Waals surface area (Å²) in [6.45, 7) is 2.22. The van der Waals surface area contributed by atoms with Gasteiger partial charge in [-0.3, -0.25) is 0 Å². The minimum Gasteiger partial charge on any atom is -0.325 e. The number of nitrogens with zero attached hydrogens (tertiary/aromatic N) is 2. The third-order valence-electron chi connectivity index (χ3n) is 3.92. The van der Waals surface area contributed by atoms with Gasteiger partial charge in [-0.25, -0.2) is 9.37 Å². The first-order chi connectivity index (χ1) is 9.24. The zero-order chi connectivity index (χ0) is 13.4. The molecule has 1 heterocycles. The fourth-order valence-electron chi connectivity index (χ4n) is 2.98. The average Bonchev–Trinajstić information content (AvgIpc) is 3.03. The second kappa shape index (κ2) is 5.12. The van der Waals surface area contributed by atoms with Crippen molar-refractivity contribution in [3.8, 4) is 0 Å².